The molecule has 1 heterocycles. The number of hydrogen-bond donors (Lipinski definition) is 1. The van der Waals surface area contributed by atoms with Crippen LogP contribution in [0.5, 0.6) is 0 Å². The van der Waals surface area contributed by atoms with Crippen molar-refractivity contribution >= 4 is 34.5 Å². The molecule has 0 bridgehead atoms. The summed E-state index contributed by atoms with van der Waals surface area (Å²) in [7, 11) is 1.75. The van der Waals surface area contributed by atoms with Gasteiger partial charge in [0.05, 0.1) is 16.3 Å². The van der Waals surface area contributed by atoms with Gasteiger partial charge in [-0.05, 0) is 34.5 Å². The molecule has 0 radical (unpaired) electrons. The van der Waals surface area contributed by atoms with Gasteiger partial charge >= 0.3 is 0 Å². The highest BCUT2D eigenvalue weighted by Crippen LogP contribution is 2.24. The number of amides is 1. The molecule has 3 nitrogen and oxygen atoms in total. The van der Waals surface area contributed by atoms with Gasteiger partial charge in [-0.25, -0.2) is 0 Å². The first-order valence-electron chi connectivity index (χ1n) is 5.40. The van der Waals surface area contributed by atoms with E-state index in [-0.39, 0.29) is 5.91 Å². The fraction of sp³-hybridized carbons (Fsp3) is 0.154. The fourth-order valence-corrected chi connectivity index (χ4v) is 2.52. The van der Waals surface area contributed by atoms with Gasteiger partial charge in [0.15, 0.2) is 0 Å². The molecule has 0 aliphatic rings. The van der Waals surface area contributed by atoms with E-state index in [0.29, 0.717) is 22.8 Å². The zero-order valence-electron chi connectivity index (χ0n) is 9.89. The van der Waals surface area contributed by atoms with Crippen LogP contribution in [0.3, 0.4) is 0 Å². The summed E-state index contributed by atoms with van der Waals surface area (Å²) in [5.74, 6) is -0.126. The third kappa shape index (κ3) is 2.66. The molecular formula is C13H13ClN2OS. The Kier molecular flexibility index (Phi) is 3.89. The van der Waals surface area contributed by atoms with E-state index in [1.54, 1.807) is 41.5 Å². The van der Waals surface area contributed by atoms with E-state index in [1.165, 1.54) is 0 Å². The maximum absolute atomic E-state index is 12.2. The van der Waals surface area contributed by atoms with Gasteiger partial charge in [-0.3, -0.25) is 4.79 Å². The van der Waals surface area contributed by atoms with Crippen molar-refractivity contribution in [1.29, 1.82) is 0 Å². The van der Waals surface area contributed by atoms with Crippen molar-refractivity contribution in [2.45, 2.75) is 6.54 Å². The number of carbonyl (C=O) groups excluding carboxylic acids is 1. The molecule has 0 saturated carbocycles. The first kappa shape index (κ1) is 12.9. The minimum absolute atomic E-state index is 0.126. The number of nitrogens with zero attached hydrogens (tertiary/aromatic N) is 1. The van der Waals surface area contributed by atoms with Crippen molar-refractivity contribution in [3.63, 3.8) is 0 Å². The average Bonchev–Trinajstić information content (AvgIpc) is 2.84. The van der Waals surface area contributed by atoms with E-state index in [4.69, 9.17) is 17.3 Å². The molecular weight excluding hydrogens is 268 g/mol. The molecule has 0 saturated heterocycles. The van der Waals surface area contributed by atoms with Gasteiger partial charge in [-0.1, -0.05) is 17.7 Å². The van der Waals surface area contributed by atoms with Gasteiger partial charge in [-0.2, -0.15) is 11.3 Å². The summed E-state index contributed by atoms with van der Waals surface area (Å²) in [5.41, 5.74) is 7.66. The van der Waals surface area contributed by atoms with Crippen LogP contribution < -0.4 is 5.73 Å². The molecule has 0 aliphatic carbocycles. The zero-order chi connectivity index (χ0) is 13.1. The number of hydrogen-bond acceptors (Lipinski definition) is 3. The van der Waals surface area contributed by atoms with E-state index in [1.807, 2.05) is 16.8 Å². The maximum atomic E-state index is 12.2. The Balaban J connectivity index is 2.18. The van der Waals surface area contributed by atoms with Crippen LogP contribution in [0.2, 0.25) is 5.02 Å². The van der Waals surface area contributed by atoms with Gasteiger partial charge < -0.3 is 10.6 Å². The highest BCUT2D eigenvalue weighted by Gasteiger charge is 2.16. The van der Waals surface area contributed by atoms with E-state index >= 15 is 0 Å². The highest BCUT2D eigenvalue weighted by molar-refractivity contribution is 7.07. The molecule has 0 atom stereocenters. The molecule has 0 unspecified atom stereocenters. The standard InChI is InChI=1S/C13H13ClN2OS/c1-16(7-9-5-6-18-8-9)13(17)10-3-2-4-11(15)12(10)14/h2-6,8H,7,15H2,1H3. The SMILES string of the molecule is CN(Cc1ccsc1)C(=O)c1cccc(N)c1Cl. The van der Waals surface area contributed by atoms with Crippen LogP contribution in [-0.4, -0.2) is 17.9 Å². The number of nitrogens with two attached hydrogens (primary N) is 1. The van der Waals surface area contributed by atoms with Gasteiger partial charge in [0.25, 0.3) is 5.91 Å². The summed E-state index contributed by atoms with van der Waals surface area (Å²) in [6.45, 7) is 0.563. The molecule has 2 N–H and O–H groups in total. The minimum Gasteiger partial charge on any atom is -0.398 e. The Hall–Kier alpha value is -1.52. The second-order valence-corrected chi connectivity index (χ2v) is 5.16. The van der Waals surface area contributed by atoms with Crippen molar-refractivity contribution < 1.29 is 4.79 Å². The largest absolute Gasteiger partial charge is 0.398 e. The van der Waals surface area contributed by atoms with Crippen LogP contribution >= 0.6 is 22.9 Å². The number of halogens is 1. The Morgan fingerprint density at radius 1 is 1.44 bits per heavy atom. The lowest BCUT2D eigenvalue weighted by molar-refractivity contribution is 0.0785. The lowest BCUT2D eigenvalue weighted by atomic mass is 10.1. The van der Waals surface area contributed by atoms with Crippen molar-refractivity contribution in [3.05, 3.63) is 51.2 Å². The van der Waals surface area contributed by atoms with Crippen LogP contribution in [-0.2, 0) is 6.54 Å². The number of rotatable bonds is 3. The van der Waals surface area contributed by atoms with Gasteiger partial charge in [0.1, 0.15) is 0 Å². The second kappa shape index (κ2) is 5.42. The highest BCUT2D eigenvalue weighted by atomic mass is 35.5. The number of thiophene rings is 1. The summed E-state index contributed by atoms with van der Waals surface area (Å²) < 4.78 is 0. The van der Waals surface area contributed by atoms with Crippen molar-refractivity contribution in [2.75, 3.05) is 12.8 Å². The predicted octanol–water partition coefficient (Wildman–Crippen LogP) is 3.26. The summed E-state index contributed by atoms with van der Waals surface area (Å²) >= 11 is 7.65. The van der Waals surface area contributed by atoms with Gasteiger partial charge in [-0.15, -0.1) is 0 Å². The Morgan fingerprint density at radius 3 is 2.89 bits per heavy atom. The van der Waals surface area contributed by atoms with Crippen molar-refractivity contribution in [3.8, 4) is 0 Å². The van der Waals surface area contributed by atoms with Crippen molar-refractivity contribution in [1.82, 2.24) is 4.90 Å². The summed E-state index contributed by atoms with van der Waals surface area (Å²) in [4.78, 5) is 13.9. The van der Waals surface area contributed by atoms with Crippen LogP contribution in [0.1, 0.15) is 15.9 Å². The normalized spacial score (nSPS) is 10.3. The minimum atomic E-state index is -0.126. The smallest absolute Gasteiger partial charge is 0.255 e. The number of carbonyl (C=O) groups is 1. The summed E-state index contributed by atoms with van der Waals surface area (Å²) in [6, 6.07) is 7.09. The molecule has 1 aromatic heterocycles. The van der Waals surface area contributed by atoms with Crippen LogP contribution in [0.25, 0.3) is 0 Å². The van der Waals surface area contributed by atoms with E-state index in [0.717, 1.165) is 5.56 Å². The topological polar surface area (TPSA) is 46.3 Å². The predicted molar refractivity (Wildman–Crippen MR) is 76.0 cm³/mol. The van der Waals surface area contributed by atoms with Gasteiger partial charge in [0, 0.05) is 13.6 Å². The lowest BCUT2D eigenvalue weighted by Crippen LogP contribution is -2.26. The first-order valence-corrected chi connectivity index (χ1v) is 6.72. The number of benzene rings is 1. The molecule has 2 rings (SSSR count). The quantitative estimate of drug-likeness (QED) is 0.877. The summed E-state index contributed by atoms with van der Waals surface area (Å²) in [6.07, 6.45) is 0. The average molecular weight is 281 g/mol. The van der Waals surface area contributed by atoms with E-state index in [9.17, 15) is 4.79 Å². The van der Waals surface area contributed by atoms with E-state index < -0.39 is 0 Å². The fourth-order valence-electron chi connectivity index (χ4n) is 1.65. The molecule has 0 spiro atoms. The summed E-state index contributed by atoms with van der Waals surface area (Å²) in [5, 5.41) is 4.32. The molecule has 2 aromatic rings. The van der Waals surface area contributed by atoms with E-state index in [2.05, 4.69) is 0 Å². The monoisotopic (exact) mass is 280 g/mol. The lowest BCUT2D eigenvalue weighted by Gasteiger charge is -2.17. The zero-order valence-corrected chi connectivity index (χ0v) is 11.5. The Morgan fingerprint density at radius 2 is 2.22 bits per heavy atom. The second-order valence-electron chi connectivity index (χ2n) is 4.00. The molecule has 1 amide bonds. The Bertz CT molecular complexity index is 554. The van der Waals surface area contributed by atoms with Crippen LogP contribution in [0.4, 0.5) is 5.69 Å². The number of nitrogen functional groups attached to an aromatic ring is 1. The van der Waals surface area contributed by atoms with Crippen molar-refractivity contribution in [2.24, 2.45) is 0 Å². The molecule has 5 heteroatoms. The van der Waals surface area contributed by atoms with Crippen LogP contribution in [0.15, 0.2) is 35.0 Å². The Labute approximate surface area is 115 Å². The number of anilines is 1. The third-order valence-corrected chi connectivity index (χ3v) is 3.76. The van der Waals surface area contributed by atoms with Crippen LogP contribution in [0, 0.1) is 0 Å². The molecule has 0 aliphatic heterocycles. The molecule has 18 heavy (non-hydrogen) atoms. The third-order valence-electron chi connectivity index (χ3n) is 2.61. The molecule has 94 valence electrons. The molecule has 0 fully saturated rings. The maximum Gasteiger partial charge on any atom is 0.255 e. The van der Waals surface area contributed by atoms with Gasteiger partial charge in [0.2, 0.25) is 0 Å². The molecule has 1 aromatic carbocycles. The first-order chi connectivity index (χ1) is 8.59.